The standard InChI is InChI=1S/C19H20N4O4S2/c1-26-14-5-3-4-12(17(14)27-2)8-15-18(25)23(19(28)29-15)10-16(24)21-7-6-13-9-20-11-22-13/h3-5,8-9,11H,6-7,10H2,1-2H3,(H,20,22)(H,21,24). The number of aromatic nitrogens is 2. The summed E-state index contributed by atoms with van der Waals surface area (Å²) in [6.07, 6.45) is 5.60. The van der Waals surface area contributed by atoms with Gasteiger partial charge in [0.1, 0.15) is 10.9 Å². The van der Waals surface area contributed by atoms with Gasteiger partial charge in [0.25, 0.3) is 5.91 Å². The molecule has 1 saturated heterocycles. The lowest BCUT2D eigenvalue weighted by Gasteiger charge is -2.14. The number of methoxy groups -OCH3 is 2. The first-order chi connectivity index (χ1) is 14.0. The van der Waals surface area contributed by atoms with Crippen LogP contribution in [0.4, 0.5) is 0 Å². The number of H-pyrrole nitrogens is 1. The van der Waals surface area contributed by atoms with Crippen LogP contribution in [0.15, 0.2) is 35.6 Å². The van der Waals surface area contributed by atoms with Crippen LogP contribution in [0.5, 0.6) is 11.5 Å². The van der Waals surface area contributed by atoms with Crippen molar-refractivity contribution in [3.05, 3.63) is 46.9 Å². The van der Waals surface area contributed by atoms with Crippen LogP contribution in [0, 0.1) is 0 Å². The van der Waals surface area contributed by atoms with Crippen LogP contribution >= 0.6 is 24.0 Å². The van der Waals surface area contributed by atoms with Crippen molar-refractivity contribution in [1.29, 1.82) is 0 Å². The molecule has 29 heavy (non-hydrogen) atoms. The number of benzene rings is 1. The highest BCUT2D eigenvalue weighted by atomic mass is 32.2. The smallest absolute Gasteiger partial charge is 0.266 e. The zero-order chi connectivity index (χ0) is 20.8. The van der Waals surface area contributed by atoms with Gasteiger partial charge in [0.2, 0.25) is 5.91 Å². The Hall–Kier alpha value is -2.85. The molecule has 152 valence electrons. The average molecular weight is 433 g/mol. The van der Waals surface area contributed by atoms with E-state index in [9.17, 15) is 9.59 Å². The SMILES string of the molecule is COc1cccc(C=C2SC(=S)N(CC(=O)NCCc3cnc[nH]3)C2=O)c1OC. The zero-order valence-electron chi connectivity index (χ0n) is 15.9. The highest BCUT2D eigenvalue weighted by Gasteiger charge is 2.33. The third-order valence-corrected chi connectivity index (χ3v) is 5.54. The van der Waals surface area contributed by atoms with E-state index in [-0.39, 0.29) is 18.4 Å². The van der Waals surface area contributed by atoms with E-state index >= 15 is 0 Å². The van der Waals surface area contributed by atoms with Crippen LogP contribution in [-0.4, -0.2) is 58.3 Å². The number of rotatable bonds is 8. The lowest BCUT2D eigenvalue weighted by Crippen LogP contribution is -2.40. The van der Waals surface area contributed by atoms with E-state index in [4.69, 9.17) is 21.7 Å². The van der Waals surface area contributed by atoms with Gasteiger partial charge in [-0.05, 0) is 12.1 Å². The third-order valence-electron chi connectivity index (χ3n) is 4.17. The number of aromatic amines is 1. The molecule has 1 fully saturated rings. The number of carbonyl (C=O) groups is 2. The fraction of sp³-hybridized carbons (Fsp3) is 0.263. The quantitative estimate of drug-likeness (QED) is 0.486. The summed E-state index contributed by atoms with van der Waals surface area (Å²) in [7, 11) is 3.08. The molecule has 2 heterocycles. The van der Waals surface area contributed by atoms with E-state index in [1.54, 1.807) is 37.8 Å². The van der Waals surface area contributed by atoms with Crippen LogP contribution in [-0.2, 0) is 16.0 Å². The highest BCUT2D eigenvalue weighted by molar-refractivity contribution is 8.26. The highest BCUT2D eigenvalue weighted by Crippen LogP contribution is 2.37. The summed E-state index contributed by atoms with van der Waals surface area (Å²) in [6, 6.07) is 5.39. The topological polar surface area (TPSA) is 96.5 Å². The van der Waals surface area contributed by atoms with Crippen molar-refractivity contribution >= 4 is 46.2 Å². The van der Waals surface area contributed by atoms with Gasteiger partial charge < -0.3 is 19.8 Å². The molecule has 0 saturated carbocycles. The Morgan fingerprint density at radius 2 is 2.21 bits per heavy atom. The largest absolute Gasteiger partial charge is 0.493 e. The van der Waals surface area contributed by atoms with Gasteiger partial charge in [0.05, 0.1) is 25.5 Å². The number of amides is 2. The minimum Gasteiger partial charge on any atom is -0.493 e. The summed E-state index contributed by atoms with van der Waals surface area (Å²) in [5.41, 5.74) is 1.61. The normalized spacial score (nSPS) is 15.1. The summed E-state index contributed by atoms with van der Waals surface area (Å²) in [6.45, 7) is 0.312. The first kappa shape index (κ1) is 20.9. The molecule has 10 heteroatoms. The number of hydrogen-bond donors (Lipinski definition) is 2. The molecule has 1 aliphatic rings. The predicted molar refractivity (Wildman–Crippen MR) is 115 cm³/mol. The molecule has 0 radical (unpaired) electrons. The van der Waals surface area contributed by atoms with E-state index in [2.05, 4.69) is 15.3 Å². The van der Waals surface area contributed by atoms with Crippen molar-refractivity contribution in [2.24, 2.45) is 0 Å². The Balaban J connectivity index is 1.65. The maximum Gasteiger partial charge on any atom is 0.266 e. The maximum atomic E-state index is 12.8. The van der Waals surface area contributed by atoms with E-state index < -0.39 is 0 Å². The van der Waals surface area contributed by atoms with Crippen molar-refractivity contribution in [2.45, 2.75) is 6.42 Å². The summed E-state index contributed by atoms with van der Waals surface area (Å²) < 4.78 is 11.0. The van der Waals surface area contributed by atoms with Gasteiger partial charge in [-0.2, -0.15) is 0 Å². The number of thiocarbonyl (C=S) groups is 1. The van der Waals surface area contributed by atoms with Crippen molar-refractivity contribution in [1.82, 2.24) is 20.2 Å². The van der Waals surface area contributed by atoms with Crippen molar-refractivity contribution in [3.8, 4) is 11.5 Å². The Morgan fingerprint density at radius 3 is 2.90 bits per heavy atom. The van der Waals surface area contributed by atoms with Gasteiger partial charge in [0, 0.05) is 30.4 Å². The van der Waals surface area contributed by atoms with Crippen LogP contribution in [0.2, 0.25) is 0 Å². The monoisotopic (exact) mass is 432 g/mol. The molecule has 2 aromatic rings. The van der Waals surface area contributed by atoms with E-state index in [1.165, 1.54) is 12.0 Å². The lowest BCUT2D eigenvalue weighted by atomic mass is 10.1. The number of hydrogen-bond acceptors (Lipinski definition) is 7. The Morgan fingerprint density at radius 1 is 1.38 bits per heavy atom. The molecule has 1 aromatic heterocycles. The number of para-hydroxylation sites is 1. The molecule has 1 aliphatic heterocycles. The number of thioether (sulfide) groups is 1. The Bertz CT molecular complexity index is 944. The molecule has 8 nitrogen and oxygen atoms in total. The summed E-state index contributed by atoms with van der Waals surface area (Å²) in [5.74, 6) is 0.500. The molecule has 1 aromatic carbocycles. The second-order valence-electron chi connectivity index (χ2n) is 6.03. The minimum atomic E-state index is -0.311. The van der Waals surface area contributed by atoms with Crippen LogP contribution in [0.3, 0.4) is 0 Å². The molecule has 0 aliphatic carbocycles. The van der Waals surface area contributed by atoms with Crippen molar-refractivity contribution in [2.75, 3.05) is 27.3 Å². The molecule has 3 rings (SSSR count). The second-order valence-corrected chi connectivity index (χ2v) is 7.70. The van der Waals surface area contributed by atoms with Crippen LogP contribution < -0.4 is 14.8 Å². The van der Waals surface area contributed by atoms with Gasteiger partial charge in [-0.1, -0.05) is 36.1 Å². The lowest BCUT2D eigenvalue weighted by molar-refractivity contribution is -0.128. The first-order valence-electron chi connectivity index (χ1n) is 8.73. The first-order valence-corrected chi connectivity index (χ1v) is 9.96. The van der Waals surface area contributed by atoms with Gasteiger partial charge in [0.15, 0.2) is 11.5 Å². The predicted octanol–water partition coefficient (Wildman–Crippen LogP) is 1.99. The second kappa shape index (κ2) is 9.57. The molecular formula is C19H20N4O4S2. The molecule has 0 bridgehead atoms. The molecule has 0 unspecified atom stereocenters. The molecule has 0 atom stereocenters. The van der Waals surface area contributed by atoms with E-state index in [1.807, 2.05) is 6.07 Å². The number of imidazole rings is 1. The van der Waals surface area contributed by atoms with Gasteiger partial charge in [-0.15, -0.1) is 0 Å². The summed E-state index contributed by atoms with van der Waals surface area (Å²) in [4.78, 5) is 33.6. The molecule has 0 spiro atoms. The number of nitrogens with zero attached hydrogens (tertiary/aromatic N) is 2. The van der Waals surface area contributed by atoms with E-state index in [0.29, 0.717) is 39.3 Å². The number of ether oxygens (including phenoxy) is 2. The van der Waals surface area contributed by atoms with Crippen molar-refractivity contribution in [3.63, 3.8) is 0 Å². The van der Waals surface area contributed by atoms with Crippen molar-refractivity contribution < 1.29 is 19.1 Å². The number of nitrogens with one attached hydrogen (secondary N) is 2. The Kier molecular flexibility index (Phi) is 6.89. The van der Waals surface area contributed by atoms with Crippen LogP contribution in [0.25, 0.3) is 6.08 Å². The maximum absolute atomic E-state index is 12.8. The zero-order valence-corrected chi connectivity index (χ0v) is 17.6. The number of carbonyl (C=O) groups excluding carboxylic acids is 2. The third kappa shape index (κ3) is 4.96. The van der Waals surface area contributed by atoms with Gasteiger partial charge in [-0.25, -0.2) is 4.98 Å². The molecular weight excluding hydrogens is 412 g/mol. The average Bonchev–Trinajstić information content (AvgIpc) is 3.32. The Labute approximate surface area is 177 Å². The van der Waals surface area contributed by atoms with Gasteiger partial charge >= 0.3 is 0 Å². The minimum absolute atomic E-state index is 0.125. The van der Waals surface area contributed by atoms with Crippen LogP contribution in [0.1, 0.15) is 11.3 Å². The fourth-order valence-corrected chi connectivity index (χ4v) is 4.01. The van der Waals surface area contributed by atoms with E-state index in [0.717, 1.165) is 17.5 Å². The summed E-state index contributed by atoms with van der Waals surface area (Å²) in [5, 5.41) is 2.78. The molecule has 2 N–H and O–H groups in total. The van der Waals surface area contributed by atoms with Gasteiger partial charge in [-0.3, -0.25) is 14.5 Å². The fourth-order valence-electron chi connectivity index (χ4n) is 2.76. The summed E-state index contributed by atoms with van der Waals surface area (Å²) >= 11 is 6.45. The molecule has 2 amide bonds.